The lowest BCUT2D eigenvalue weighted by atomic mass is 10.2. The average molecular weight is 178 g/mol. The Morgan fingerprint density at radius 3 is 3.00 bits per heavy atom. The zero-order valence-electron chi connectivity index (χ0n) is 7.14. The smallest absolute Gasteiger partial charge is 0.258 e. The van der Waals surface area contributed by atoms with Crippen molar-refractivity contribution in [1.82, 2.24) is 4.98 Å². The first-order valence-corrected chi connectivity index (χ1v) is 4.35. The molecule has 68 valence electrons. The Morgan fingerprint density at radius 2 is 2.38 bits per heavy atom. The molecule has 0 aliphatic heterocycles. The molecule has 0 saturated heterocycles. The summed E-state index contributed by atoms with van der Waals surface area (Å²) in [5.41, 5.74) is 0.796. The quantitative estimate of drug-likeness (QED) is 0.525. The van der Waals surface area contributed by atoms with E-state index in [1.165, 1.54) is 18.9 Å². The maximum atomic E-state index is 10.6. The van der Waals surface area contributed by atoms with Gasteiger partial charge in [0, 0.05) is 12.3 Å². The summed E-state index contributed by atoms with van der Waals surface area (Å²) in [7, 11) is 0. The highest BCUT2D eigenvalue weighted by molar-refractivity contribution is 5.34. The number of pyridine rings is 1. The van der Waals surface area contributed by atoms with Crippen molar-refractivity contribution in [2.45, 2.75) is 19.3 Å². The van der Waals surface area contributed by atoms with Crippen molar-refractivity contribution in [2.75, 3.05) is 0 Å². The fourth-order valence-electron chi connectivity index (χ4n) is 1.35. The van der Waals surface area contributed by atoms with Gasteiger partial charge >= 0.3 is 0 Å². The van der Waals surface area contributed by atoms with E-state index in [0.29, 0.717) is 11.6 Å². The molecule has 0 N–H and O–H groups in total. The van der Waals surface area contributed by atoms with Gasteiger partial charge in [0.15, 0.2) is 0 Å². The second-order valence-corrected chi connectivity index (χ2v) is 3.37. The SMILES string of the molecule is O=[N+]([O-])c1cccnc1CC1CC1. The van der Waals surface area contributed by atoms with E-state index in [4.69, 9.17) is 0 Å². The summed E-state index contributed by atoms with van der Waals surface area (Å²) in [5.74, 6) is 0.633. The summed E-state index contributed by atoms with van der Waals surface area (Å²) in [4.78, 5) is 14.3. The van der Waals surface area contributed by atoms with E-state index in [-0.39, 0.29) is 10.6 Å². The van der Waals surface area contributed by atoms with Crippen molar-refractivity contribution in [3.05, 3.63) is 34.1 Å². The van der Waals surface area contributed by atoms with Gasteiger partial charge in [-0.15, -0.1) is 0 Å². The van der Waals surface area contributed by atoms with E-state index in [1.807, 2.05) is 0 Å². The van der Waals surface area contributed by atoms with Crippen LogP contribution < -0.4 is 0 Å². The van der Waals surface area contributed by atoms with E-state index in [0.717, 1.165) is 6.42 Å². The molecule has 1 aromatic rings. The van der Waals surface area contributed by atoms with E-state index >= 15 is 0 Å². The van der Waals surface area contributed by atoms with Gasteiger partial charge in [-0.2, -0.15) is 0 Å². The second kappa shape index (κ2) is 3.12. The molecule has 0 amide bonds. The zero-order valence-corrected chi connectivity index (χ0v) is 7.14. The van der Waals surface area contributed by atoms with Gasteiger partial charge in [-0.25, -0.2) is 0 Å². The first kappa shape index (κ1) is 8.16. The first-order valence-electron chi connectivity index (χ1n) is 4.35. The Balaban J connectivity index is 2.25. The van der Waals surface area contributed by atoms with Crippen LogP contribution in [0.1, 0.15) is 18.5 Å². The molecule has 1 heterocycles. The molecule has 1 fully saturated rings. The summed E-state index contributed by atoms with van der Waals surface area (Å²) >= 11 is 0. The predicted molar refractivity (Wildman–Crippen MR) is 47.3 cm³/mol. The monoisotopic (exact) mass is 178 g/mol. The number of hydrogen-bond donors (Lipinski definition) is 0. The van der Waals surface area contributed by atoms with Crippen LogP contribution in [0.2, 0.25) is 0 Å². The summed E-state index contributed by atoms with van der Waals surface area (Å²) in [6, 6.07) is 3.12. The van der Waals surface area contributed by atoms with Crippen LogP contribution in [0.5, 0.6) is 0 Å². The van der Waals surface area contributed by atoms with E-state index < -0.39 is 0 Å². The van der Waals surface area contributed by atoms with Crippen molar-refractivity contribution in [3.8, 4) is 0 Å². The molecular formula is C9H10N2O2. The Kier molecular flexibility index (Phi) is 1.96. The van der Waals surface area contributed by atoms with Crippen molar-refractivity contribution in [1.29, 1.82) is 0 Å². The molecule has 0 bridgehead atoms. The highest BCUT2D eigenvalue weighted by Crippen LogP contribution is 2.34. The van der Waals surface area contributed by atoms with Crippen molar-refractivity contribution < 1.29 is 4.92 Å². The number of nitro groups is 1. The minimum absolute atomic E-state index is 0.161. The third-order valence-electron chi connectivity index (χ3n) is 2.24. The van der Waals surface area contributed by atoms with Gasteiger partial charge in [0.1, 0.15) is 5.69 Å². The predicted octanol–water partition coefficient (Wildman–Crippen LogP) is 1.94. The molecule has 13 heavy (non-hydrogen) atoms. The molecule has 4 heteroatoms. The molecule has 0 unspecified atom stereocenters. The van der Waals surface area contributed by atoms with Gasteiger partial charge in [-0.1, -0.05) is 0 Å². The minimum atomic E-state index is -0.356. The molecule has 1 aliphatic rings. The van der Waals surface area contributed by atoms with Gasteiger partial charge in [-0.3, -0.25) is 15.1 Å². The van der Waals surface area contributed by atoms with Gasteiger partial charge in [0.2, 0.25) is 0 Å². The van der Waals surface area contributed by atoms with Crippen LogP contribution in [0.3, 0.4) is 0 Å². The molecule has 0 spiro atoms. The standard InChI is InChI=1S/C9H10N2O2/c12-11(13)9-2-1-5-10-8(9)6-7-3-4-7/h1-2,5,7H,3-4,6H2. The third-order valence-corrected chi connectivity index (χ3v) is 2.24. The van der Waals surface area contributed by atoms with Crippen LogP contribution in [0.25, 0.3) is 0 Å². The van der Waals surface area contributed by atoms with Crippen molar-refractivity contribution >= 4 is 5.69 Å². The maximum Gasteiger partial charge on any atom is 0.290 e. The normalized spacial score (nSPS) is 15.7. The van der Waals surface area contributed by atoms with Crippen LogP contribution in [0, 0.1) is 16.0 Å². The Bertz CT molecular complexity index is 334. The third kappa shape index (κ3) is 1.83. The van der Waals surface area contributed by atoms with Gasteiger partial charge in [-0.05, 0) is 31.2 Å². The van der Waals surface area contributed by atoms with Crippen LogP contribution in [-0.4, -0.2) is 9.91 Å². The number of rotatable bonds is 3. The summed E-state index contributed by atoms with van der Waals surface area (Å²) < 4.78 is 0. The van der Waals surface area contributed by atoms with Gasteiger partial charge in [0.25, 0.3) is 5.69 Å². The number of nitrogens with zero attached hydrogens (tertiary/aromatic N) is 2. The lowest BCUT2D eigenvalue weighted by Crippen LogP contribution is -1.98. The van der Waals surface area contributed by atoms with Crippen molar-refractivity contribution in [2.24, 2.45) is 5.92 Å². The Labute approximate surface area is 75.8 Å². The van der Waals surface area contributed by atoms with Gasteiger partial charge in [0.05, 0.1) is 4.92 Å². The molecule has 0 radical (unpaired) electrons. The fraction of sp³-hybridized carbons (Fsp3) is 0.444. The van der Waals surface area contributed by atoms with Crippen LogP contribution in [0.4, 0.5) is 5.69 Å². The van der Waals surface area contributed by atoms with Crippen molar-refractivity contribution in [3.63, 3.8) is 0 Å². The van der Waals surface area contributed by atoms with E-state index in [2.05, 4.69) is 4.98 Å². The number of aromatic nitrogens is 1. The maximum absolute atomic E-state index is 10.6. The van der Waals surface area contributed by atoms with E-state index in [1.54, 1.807) is 12.3 Å². The molecule has 1 saturated carbocycles. The van der Waals surface area contributed by atoms with Crippen LogP contribution >= 0.6 is 0 Å². The van der Waals surface area contributed by atoms with Crippen LogP contribution in [-0.2, 0) is 6.42 Å². The summed E-state index contributed by atoms with van der Waals surface area (Å²) in [6.45, 7) is 0. The Morgan fingerprint density at radius 1 is 1.62 bits per heavy atom. The Hall–Kier alpha value is -1.45. The first-order chi connectivity index (χ1) is 6.27. The topological polar surface area (TPSA) is 56.0 Å². The summed E-state index contributed by atoms with van der Waals surface area (Å²) in [5, 5.41) is 10.6. The molecule has 0 aromatic carbocycles. The average Bonchev–Trinajstić information content (AvgIpc) is 2.89. The van der Waals surface area contributed by atoms with Crippen LogP contribution in [0.15, 0.2) is 18.3 Å². The zero-order chi connectivity index (χ0) is 9.26. The van der Waals surface area contributed by atoms with Gasteiger partial charge < -0.3 is 0 Å². The molecular weight excluding hydrogens is 168 g/mol. The fourth-order valence-corrected chi connectivity index (χ4v) is 1.35. The summed E-state index contributed by atoms with van der Waals surface area (Å²) in [6.07, 6.45) is 4.75. The lowest BCUT2D eigenvalue weighted by molar-refractivity contribution is -0.386. The minimum Gasteiger partial charge on any atom is -0.258 e. The number of hydrogen-bond acceptors (Lipinski definition) is 3. The highest BCUT2D eigenvalue weighted by atomic mass is 16.6. The van der Waals surface area contributed by atoms with E-state index in [9.17, 15) is 10.1 Å². The molecule has 1 aromatic heterocycles. The molecule has 4 nitrogen and oxygen atoms in total. The highest BCUT2D eigenvalue weighted by Gasteiger charge is 2.25. The molecule has 0 atom stereocenters. The largest absolute Gasteiger partial charge is 0.290 e. The second-order valence-electron chi connectivity index (χ2n) is 3.37. The lowest BCUT2D eigenvalue weighted by Gasteiger charge is -1.98. The molecule has 2 rings (SSSR count). The molecule has 1 aliphatic carbocycles.